The summed E-state index contributed by atoms with van der Waals surface area (Å²) in [5.74, 6) is 0.0148. The van der Waals surface area contributed by atoms with Gasteiger partial charge in [-0.1, -0.05) is 12.1 Å². The standard InChI is InChI=1S/C19H21N3O5S/c1-12(13-8-9-16(17(10-13)26-3)27-11-18(23)24)21-22-19(28)20-14-6-4-5-7-15(14)25-2/h4-10H,11H2,1-3H3,(H,23,24)(H2,20,22,28)/p-1/b21-12-. The van der Waals surface area contributed by atoms with E-state index < -0.39 is 12.6 Å². The highest BCUT2D eigenvalue weighted by Crippen LogP contribution is 2.28. The molecule has 0 saturated carbocycles. The first kappa shape index (κ1) is 21.0. The minimum absolute atomic E-state index is 0.296. The van der Waals surface area contributed by atoms with E-state index >= 15 is 0 Å². The summed E-state index contributed by atoms with van der Waals surface area (Å²) in [6.07, 6.45) is 0. The van der Waals surface area contributed by atoms with Gasteiger partial charge in [-0.25, -0.2) is 0 Å². The largest absolute Gasteiger partial charge is 0.546 e. The molecular formula is C19H20N3O5S-. The number of hydrazone groups is 1. The van der Waals surface area contributed by atoms with Crippen molar-refractivity contribution in [2.45, 2.75) is 6.92 Å². The van der Waals surface area contributed by atoms with E-state index in [1.807, 2.05) is 24.3 Å². The van der Waals surface area contributed by atoms with Crippen molar-refractivity contribution in [1.82, 2.24) is 5.43 Å². The fourth-order valence-electron chi connectivity index (χ4n) is 2.25. The van der Waals surface area contributed by atoms with Gasteiger partial charge in [-0.3, -0.25) is 5.43 Å². The number of para-hydroxylation sites is 2. The van der Waals surface area contributed by atoms with E-state index in [-0.39, 0.29) is 0 Å². The van der Waals surface area contributed by atoms with Crippen molar-refractivity contribution in [3.05, 3.63) is 48.0 Å². The SMILES string of the molecule is COc1ccccc1NC(=S)N/N=C(/C)c1ccc(OCC(=O)[O-])c(OC)c1. The molecule has 0 bridgehead atoms. The Labute approximate surface area is 168 Å². The number of nitrogens with one attached hydrogen (secondary N) is 2. The molecule has 28 heavy (non-hydrogen) atoms. The van der Waals surface area contributed by atoms with Crippen molar-refractivity contribution in [3.8, 4) is 17.2 Å². The van der Waals surface area contributed by atoms with E-state index in [9.17, 15) is 9.90 Å². The van der Waals surface area contributed by atoms with E-state index in [1.165, 1.54) is 7.11 Å². The molecule has 0 radical (unpaired) electrons. The topological polar surface area (TPSA) is 104 Å². The number of hydrogen-bond acceptors (Lipinski definition) is 7. The van der Waals surface area contributed by atoms with E-state index in [2.05, 4.69) is 15.8 Å². The molecule has 0 amide bonds. The average molecular weight is 402 g/mol. The minimum Gasteiger partial charge on any atom is -0.546 e. The number of nitrogens with zero attached hydrogens (tertiary/aromatic N) is 1. The van der Waals surface area contributed by atoms with Crippen molar-refractivity contribution in [1.29, 1.82) is 0 Å². The van der Waals surface area contributed by atoms with Crippen LogP contribution in [-0.4, -0.2) is 37.6 Å². The van der Waals surface area contributed by atoms with Crippen LogP contribution in [0.5, 0.6) is 17.2 Å². The third-order valence-electron chi connectivity index (χ3n) is 3.61. The van der Waals surface area contributed by atoms with Gasteiger partial charge < -0.3 is 29.4 Å². The maximum atomic E-state index is 10.5. The maximum absolute atomic E-state index is 10.5. The number of carboxylic acids is 1. The highest BCUT2D eigenvalue weighted by molar-refractivity contribution is 7.80. The van der Waals surface area contributed by atoms with Gasteiger partial charge in [-0.2, -0.15) is 5.10 Å². The van der Waals surface area contributed by atoms with Crippen LogP contribution in [0.15, 0.2) is 47.6 Å². The average Bonchev–Trinajstić information content (AvgIpc) is 2.70. The van der Waals surface area contributed by atoms with E-state index in [0.717, 1.165) is 5.56 Å². The third kappa shape index (κ3) is 5.85. The number of rotatable bonds is 8. The van der Waals surface area contributed by atoms with Crippen LogP contribution in [-0.2, 0) is 4.79 Å². The Morgan fingerprint density at radius 3 is 2.50 bits per heavy atom. The third-order valence-corrected chi connectivity index (χ3v) is 3.80. The van der Waals surface area contributed by atoms with Gasteiger partial charge in [0.05, 0.1) is 31.6 Å². The van der Waals surface area contributed by atoms with Crippen LogP contribution in [0.25, 0.3) is 0 Å². The molecule has 8 nitrogen and oxygen atoms in total. The van der Waals surface area contributed by atoms with Crippen LogP contribution in [0.3, 0.4) is 0 Å². The number of carbonyl (C=O) groups is 1. The summed E-state index contributed by atoms with van der Waals surface area (Å²) >= 11 is 5.25. The smallest absolute Gasteiger partial charge is 0.191 e. The van der Waals surface area contributed by atoms with Gasteiger partial charge in [0, 0.05) is 5.56 Å². The lowest BCUT2D eigenvalue weighted by atomic mass is 10.1. The summed E-state index contributed by atoms with van der Waals surface area (Å²) in [6.45, 7) is 1.22. The number of thiocarbonyl (C=S) groups is 1. The van der Waals surface area contributed by atoms with E-state index in [0.29, 0.717) is 33.8 Å². The highest BCUT2D eigenvalue weighted by atomic mass is 32.1. The molecule has 0 spiro atoms. The second-order valence-electron chi connectivity index (χ2n) is 5.49. The monoisotopic (exact) mass is 402 g/mol. The first-order valence-electron chi connectivity index (χ1n) is 8.20. The van der Waals surface area contributed by atoms with Crippen molar-refractivity contribution in [2.24, 2.45) is 5.10 Å². The maximum Gasteiger partial charge on any atom is 0.191 e. The molecule has 2 aromatic carbocycles. The molecule has 2 rings (SSSR count). The Morgan fingerprint density at radius 1 is 1.11 bits per heavy atom. The van der Waals surface area contributed by atoms with Gasteiger partial charge in [-0.15, -0.1) is 0 Å². The number of benzene rings is 2. The number of anilines is 1. The van der Waals surface area contributed by atoms with Gasteiger partial charge >= 0.3 is 0 Å². The van der Waals surface area contributed by atoms with Crippen LogP contribution in [0, 0.1) is 0 Å². The van der Waals surface area contributed by atoms with Gasteiger partial charge in [0.25, 0.3) is 0 Å². The molecule has 0 atom stereocenters. The summed E-state index contributed by atoms with van der Waals surface area (Å²) in [4.78, 5) is 10.5. The van der Waals surface area contributed by atoms with Crippen molar-refractivity contribution >= 4 is 34.7 Å². The van der Waals surface area contributed by atoms with Crippen molar-refractivity contribution < 1.29 is 24.1 Å². The zero-order valence-corrected chi connectivity index (χ0v) is 16.5. The molecule has 0 aliphatic heterocycles. The second-order valence-corrected chi connectivity index (χ2v) is 5.90. The van der Waals surface area contributed by atoms with Crippen LogP contribution in [0.2, 0.25) is 0 Å². The molecule has 0 aromatic heterocycles. The Balaban J connectivity index is 2.06. The summed E-state index contributed by atoms with van der Waals surface area (Å²) in [5, 5.41) is 18.1. The Kier molecular flexibility index (Phi) is 7.58. The summed E-state index contributed by atoms with van der Waals surface area (Å²) in [6, 6.07) is 12.4. The number of hydrogen-bond donors (Lipinski definition) is 2. The van der Waals surface area contributed by atoms with E-state index in [1.54, 1.807) is 32.2 Å². The van der Waals surface area contributed by atoms with Crippen molar-refractivity contribution in [3.63, 3.8) is 0 Å². The lowest BCUT2D eigenvalue weighted by molar-refractivity contribution is -0.307. The van der Waals surface area contributed by atoms with Crippen LogP contribution < -0.4 is 30.1 Å². The minimum atomic E-state index is -1.32. The molecule has 2 N–H and O–H groups in total. The highest BCUT2D eigenvalue weighted by Gasteiger charge is 2.08. The Bertz CT molecular complexity index is 886. The molecule has 0 aliphatic rings. The Hall–Kier alpha value is -3.33. The van der Waals surface area contributed by atoms with Crippen molar-refractivity contribution in [2.75, 3.05) is 26.1 Å². The zero-order valence-electron chi connectivity index (χ0n) is 15.6. The number of carbonyl (C=O) groups excluding carboxylic acids is 1. The van der Waals surface area contributed by atoms with Crippen LogP contribution in [0.1, 0.15) is 12.5 Å². The number of ether oxygens (including phenoxy) is 3. The van der Waals surface area contributed by atoms with Gasteiger partial charge in [0.2, 0.25) is 0 Å². The molecule has 148 valence electrons. The van der Waals surface area contributed by atoms with Gasteiger partial charge in [0.15, 0.2) is 16.6 Å². The molecule has 9 heteroatoms. The normalized spacial score (nSPS) is 10.8. The fraction of sp³-hybridized carbons (Fsp3) is 0.211. The molecule has 0 saturated heterocycles. The lowest BCUT2D eigenvalue weighted by Crippen LogP contribution is -2.29. The molecule has 0 fully saturated rings. The molecule has 2 aromatic rings. The first-order chi connectivity index (χ1) is 13.4. The molecule has 0 aliphatic carbocycles. The number of aliphatic carboxylic acids is 1. The predicted octanol–water partition coefficient (Wildman–Crippen LogP) is 1.54. The van der Waals surface area contributed by atoms with Gasteiger partial charge in [0.1, 0.15) is 12.4 Å². The quantitative estimate of drug-likeness (QED) is 0.389. The summed E-state index contributed by atoms with van der Waals surface area (Å²) < 4.78 is 15.6. The van der Waals surface area contributed by atoms with E-state index in [4.69, 9.17) is 26.4 Å². The molecular weight excluding hydrogens is 382 g/mol. The number of carboxylic acid groups (broad SMARTS) is 1. The summed E-state index contributed by atoms with van der Waals surface area (Å²) in [7, 11) is 3.04. The first-order valence-corrected chi connectivity index (χ1v) is 8.60. The Morgan fingerprint density at radius 2 is 1.82 bits per heavy atom. The summed E-state index contributed by atoms with van der Waals surface area (Å²) in [5.41, 5.74) is 4.86. The lowest BCUT2D eigenvalue weighted by Gasteiger charge is -2.13. The molecule has 0 unspecified atom stereocenters. The second kappa shape index (κ2) is 10.1. The number of methoxy groups -OCH3 is 2. The zero-order chi connectivity index (χ0) is 20.5. The fourth-order valence-corrected chi connectivity index (χ4v) is 2.40. The van der Waals surface area contributed by atoms with Gasteiger partial charge in [-0.05, 0) is 49.5 Å². The van der Waals surface area contributed by atoms with Crippen LogP contribution in [0.4, 0.5) is 5.69 Å². The predicted molar refractivity (Wildman–Crippen MR) is 108 cm³/mol. The molecule has 0 heterocycles. The van der Waals surface area contributed by atoms with Crippen LogP contribution >= 0.6 is 12.2 Å².